The van der Waals surface area contributed by atoms with Crippen molar-refractivity contribution < 1.29 is 33.1 Å². The van der Waals surface area contributed by atoms with E-state index in [1.807, 2.05) is 0 Å². The van der Waals surface area contributed by atoms with Crippen LogP contribution in [0.4, 0.5) is 5.69 Å². The number of ether oxygens (including phenoxy) is 3. The molecule has 0 N–H and O–H groups in total. The van der Waals surface area contributed by atoms with Gasteiger partial charge in [-0.3, -0.25) is 24.3 Å². The van der Waals surface area contributed by atoms with Crippen molar-refractivity contribution in [3.05, 3.63) is 107 Å². The van der Waals surface area contributed by atoms with Gasteiger partial charge in [0.2, 0.25) is 0 Å². The molecule has 1 atom stereocenters. The van der Waals surface area contributed by atoms with Crippen molar-refractivity contribution in [1.82, 2.24) is 4.57 Å². The van der Waals surface area contributed by atoms with E-state index in [0.29, 0.717) is 27.4 Å². The Morgan fingerprint density at radius 1 is 1.12 bits per heavy atom. The van der Waals surface area contributed by atoms with Gasteiger partial charge in [-0.15, -0.1) is 0 Å². The van der Waals surface area contributed by atoms with E-state index in [1.165, 1.54) is 43.9 Å². The second-order valence-electron chi connectivity index (χ2n) is 9.05. The number of rotatable bonds is 7. The van der Waals surface area contributed by atoms with Crippen LogP contribution in [-0.2, 0) is 14.3 Å². The van der Waals surface area contributed by atoms with Gasteiger partial charge in [-0.05, 0) is 42.8 Å². The summed E-state index contributed by atoms with van der Waals surface area (Å²) in [6, 6.07) is 13.2. The zero-order chi connectivity index (χ0) is 30.1. The van der Waals surface area contributed by atoms with Crippen molar-refractivity contribution in [2.24, 2.45) is 4.99 Å². The van der Waals surface area contributed by atoms with Gasteiger partial charge in [-0.1, -0.05) is 29.5 Å². The molecule has 0 aliphatic carbocycles. The number of esters is 2. The molecule has 4 aromatic rings. The number of aromatic nitrogens is 1. The number of nitrogens with zero attached hydrogens (tertiary/aromatic N) is 3. The van der Waals surface area contributed by atoms with E-state index in [2.05, 4.69) is 4.99 Å². The Labute approximate surface area is 241 Å². The monoisotopic (exact) mass is 589 g/mol. The zero-order valence-corrected chi connectivity index (χ0v) is 23.6. The maximum atomic E-state index is 13.8. The van der Waals surface area contributed by atoms with Gasteiger partial charge in [-0.2, -0.15) is 0 Å². The van der Waals surface area contributed by atoms with E-state index >= 15 is 0 Å². The maximum absolute atomic E-state index is 13.8. The molecular formula is C29H23N3O9S. The molecule has 1 unspecified atom stereocenters. The summed E-state index contributed by atoms with van der Waals surface area (Å²) in [5.74, 6) is -0.249. The smallest absolute Gasteiger partial charge is 0.338 e. The first-order valence-electron chi connectivity index (χ1n) is 12.4. The number of fused-ring (bicyclic) bond motifs is 1. The normalized spacial score (nSPS) is 14.7. The molecule has 13 heteroatoms. The summed E-state index contributed by atoms with van der Waals surface area (Å²) in [6.07, 6.45) is 1.51. The Bertz CT molecular complexity index is 1970. The first-order chi connectivity index (χ1) is 20.1. The summed E-state index contributed by atoms with van der Waals surface area (Å²) in [4.78, 5) is 54.1. The van der Waals surface area contributed by atoms with Crippen LogP contribution in [0.3, 0.4) is 0 Å². The third kappa shape index (κ3) is 5.12. The zero-order valence-electron chi connectivity index (χ0n) is 22.8. The number of hydrogen-bond acceptors (Lipinski definition) is 11. The summed E-state index contributed by atoms with van der Waals surface area (Å²) in [6.45, 7) is 2.90. The van der Waals surface area contributed by atoms with E-state index in [0.717, 1.165) is 11.3 Å². The number of carbonyl (C=O) groups is 2. The number of hydrogen-bond donors (Lipinski definition) is 0. The van der Waals surface area contributed by atoms with E-state index in [9.17, 15) is 24.5 Å². The summed E-state index contributed by atoms with van der Waals surface area (Å²) in [7, 11) is 2.64. The molecule has 0 spiro atoms. The highest BCUT2D eigenvalue weighted by molar-refractivity contribution is 7.07. The average Bonchev–Trinajstić information content (AvgIpc) is 3.56. The highest BCUT2D eigenvalue weighted by atomic mass is 32.1. The predicted octanol–water partition coefficient (Wildman–Crippen LogP) is 3.51. The fraction of sp³-hybridized carbons (Fsp3) is 0.172. The molecule has 2 aromatic heterocycles. The lowest BCUT2D eigenvalue weighted by atomic mass is 9.95. The molecule has 1 aliphatic rings. The lowest BCUT2D eigenvalue weighted by Crippen LogP contribution is -2.39. The second kappa shape index (κ2) is 11.3. The first-order valence-corrected chi connectivity index (χ1v) is 13.3. The van der Waals surface area contributed by atoms with Gasteiger partial charge in [0.05, 0.1) is 46.6 Å². The molecule has 214 valence electrons. The van der Waals surface area contributed by atoms with E-state index in [-0.39, 0.29) is 33.1 Å². The minimum Gasteiger partial charge on any atom is -0.493 e. The Morgan fingerprint density at radius 2 is 1.88 bits per heavy atom. The fourth-order valence-corrected chi connectivity index (χ4v) is 5.67. The molecule has 2 aromatic carbocycles. The highest BCUT2D eigenvalue weighted by Crippen LogP contribution is 2.36. The second-order valence-corrected chi connectivity index (χ2v) is 10.1. The lowest BCUT2D eigenvalue weighted by Gasteiger charge is -2.25. The van der Waals surface area contributed by atoms with Crippen molar-refractivity contribution >= 4 is 35.0 Å². The number of nitro benzene ring substituents is 1. The van der Waals surface area contributed by atoms with Crippen LogP contribution in [0.1, 0.15) is 31.2 Å². The molecule has 3 heterocycles. The molecule has 0 saturated carbocycles. The predicted molar refractivity (Wildman–Crippen MR) is 151 cm³/mol. The number of benzene rings is 2. The molecule has 0 saturated heterocycles. The standard InChI is InChI=1S/C29H23N3O9S/c1-15-25(28(35)39-4)26(17-9-11-22(40-16(2)33)23(13-17)38-3)31-27(34)24(42-29(31)30-15)14-18-10-12-21(41-18)19-7-5-6-8-20(19)32(36)37/h5-14,26H,1-4H3/b24-14-. The van der Waals surface area contributed by atoms with Crippen LogP contribution in [-0.4, -0.2) is 35.6 Å². The van der Waals surface area contributed by atoms with Crippen LogP contribution < -0.4 is 24.4 Å². The topological polar surface area (TPSA) is 152 Å². The molecular weight excluding hydrogens is 566 g/mol. The molecule has 1 aliphatic heterocycles. The van der Waals surface area contributed by atoms with Gasteiger partial charge >= 0.3 is 11.9 Å². The third-order valence-corrected chi connectivity index (χ3v) is 7.43. The quantitative estimate of drug-likeness (QED) is 0.136. The van der Waals surface area contributed by atoms with Crippen molar-refractivity contribution in [2.75, 3.05) is 14.2 Å². The Kier molecular flexibility index (Phi) is 7.59. The minimum atomic E-state index is -0.935. The average molecular weight is 590 g/mol. The number of thiazole rings is 1. The number of allylic oxidation sites excluding steroid dienone is 1. The van der Waals surface area contributed by atoms with E-state index < -0.39 is 28.5 Å². The first kappa shape index (κ1) is 28.2. The van der Waals surface area contributed by atoms with Crippen LogP contribution in [0.2, 0.25) is 0 Å². The van der Waals surface area contributed by atoms with Crippen molar-refractivity contribution in [3.8, 4) is 22.8 Å². The third-order valence-electron chi connectivity index (χ3n) is 6.45. The SMILES string of the molecule is COC(=O)C1=C(C)N=c2s/c(=C\c3ccc(-c4ccccc4[N+](=O)[O-])o3)c(=O)n2C1c1ccc(OC(C)=O)c(OC)c1. The summed E-state index contributed by atoms with van der Waals surface area (Å²) in [5.41, 5.74) is 0.729. The highest BCUT2D eigenvalue weighted by Gasteiger charge is 2.34. The molecule has 0 amide bonds. The number of furan rings is 1. The Balaban J connectivity index is 1.65. The Morgan fingerprint density at radius 3 is 2.57 bits per heavy atom. The van der Waals surface area contributed by atoms with Crippen LogP contribution in [0.15, 0.2) is 80.1 Å². The number of nitro groups is 1. The molecule has 12 nitrogen and oxygen atoms in total. The molecule has 42 heavy (non-hydrogen) atoms. The van der Waals surface area contributed by atoms with Crippen LogP contribution in [0, 0.1) is 10.1 Å². The lowest BCUT2D eigenvalue weighted by molar-refractivity contribution is -0.384. The summed E-state index contributed by atoms with van der Waals surface area (Å²) < 4.78 is 23.1. The maximum Gasteiger partial charge on any atom is 0.338 e. The molecule has 0 bridgehead atoms. The Hall–Kier alpha value is -5.30. The van der Waals surface area contributed by atoms with Gasteiger partial charge in [0.25, 0.3) is 11.2 Å². The van der Waals surface area contributed by atoms with Gasteiger partial charge < -0.3 is 18.6 Å². The van der Waals surface area contributed by atoms with Crippen molar-refractivity contribution in [2.45, 2.75) is 19.9 Å². The van der Waals surface area contributed by atoms with Gasteiger partial charge in [0.1, 0.15) is 11.5 Å². The number of para-hydroxylation sites is 1. The van der Waals surface area contributed by atoms with Crippen LogP contribution in [0.5, 0.6) is 11.5 Å². The van der Waals surface area contributed by atoms with Crippen molar-refractivity contribution in [3.63, 3.8) is 0 Å². The van der Waals surface area contributed by atoms with Crippen LogP contribution in [0.25, 0.3) is 17.4 Å². The van der Waals surface area contributed by atoms with E-state index in [4.69, 9.17) is 18.6 Å². The molecule has 0 radical (unpaired) electrons. The number of methoxy groups -OCH3 is 2. The minimum absolute atomic E-state index is 0.112. The summed E-state index contributed by atoms with van der Waals surface area (Å²) in [5, 5.41) is 11.5. The van der Waals surface area contributed by atoms with Gasteiger partial charge in [-0.25, -0.2) is 9.79 Å². The van der Waals surface area contributed by atoms with Crippen molar-refractivity contribution in [1.29, 1.82) is 0 Å². The largest absolute Gasteiger partial charge is 0.493 e. The summed E-state index contributed by atoms with van der Waals surface area (Å²) >= 11 is 1.09. The van der Waals surface area contributed by atoms with E-state index in [1.54, 1.807) is 49.4 Å². The van der Waals surface area contributed by atoms with Crippen LogP contribution >= 0.6 is 11.3 Å². The number of carbonyl (C=O) groups excluding carboxylic acids is 2. The molecule has 5 rings (SSSR count). The van der Waals surface area contributed by atoms with Gasteiger partial charge in [0, 0.05) is 19.1 Å². The van der Waals surface area contributed by atoms with Gasteiger partial charge in [0.15, 0.2) is 16.3 Å². The fourth-order valence-electron chi connectivity index (χ4n) is 4.65. The molecule has 0 fully saturated rings.